The first-order valence-electron chi connectivity index (χ1n) is 7.21. The molecule has 0 saturated heterocycles. The van der Waals surface area contributed by atoms with Gasteiger partial charge in [-0.2, -0.15) is 0 Å². The van der Waals surface area contributed by atoms with Gasteiger partial charge in [0, 0.05) is 6.54 Å². The summed E-state index contributed by atoms with van der Waals surface area (Å²) >= 11 is 0. The number of aromatic nitrogens is 1. The monoisotopic (exact) mass is 356 g/mol. The summed E-state index contributed by atoms with van der Waals surface area (Å²) < 4.78 is 42.0. The van der Waals surface area contributed by atoms with Crippen LogP contribution in [0.5, 0.6) is 11.5 Å². The van der Waals surface area contributed by atoms with Crippen molar-refractivity contribution in [1.29, 1.82) is 0 Å². The predicted octanol–water partition coefficient (Wildman–Crippen LogP) is 1.02. The Hall–Kier alpha value is -2.10. The Bertz CT molecular complexity index is 750. The second kappa shape index (κ2) is 7.65. The van der Waals surface area contributed by atoms with E-state index in [1.54, 1.807) is 31.4 Å². The van der Waals surface area contributed by atoms with Crippen molar-refractivity contribution in [2.45, 2.75) is 24.8 Å². The topological polar surface area (TPSA) is 111 Å². The lowest BCUT2D eigenvalue weighted by Crippen LogP contribution is -2.35. The van der Waals surface area contributed by atoms with Crippen LogP contribution in [0, 0.1) is 13.8 Å². The zero-order valence-corrected chi connectivity index (χ0v) is 14.5. The number of methoxy groups -OCH3 is 1. The van der Waals surface area contributed by atoms with Gasteiger partial charge in [0.15, 0.2) is 5.76 Å². The van der Waals surface area contributed by atoms with Crippen LogP contribution in [-0.4, -0.2) is 45.0 Å². The highest BCUT2D eigenvalue weighted by Gasteiger charge is 2.24. The summed E-state index contributed by atoms with van der Waals surface area (Å²) in [4.78, 5) is -0.00854. The molecule has 0 bridgehead atoms. The molecule has 1 aromatic heterocycles. The Kier molecular flexibility index (Phi) is 5.81. The van der Waals surface area contributed by atoms with Crippen molar-refractivity contribution in [2.75, 3.05) is 20.3 Å². The summed E-state index contributed by atoms with van der Waals surface area (Å²) in [5.41, 5.74) is 0.268. The number of hydrogen-bond donors (Lipinski definition) is 2. The first-order chi connectivity index (χ1) is 11.3. The lowest BCUT2D eigenvalue weighted by Gasteiger charge is -2.13. The minimum absolute atomic E-state index is 0.00854. The molecule has 132 valence electrons. The Morgan fingerprint density at radius 1 is 1.25 bits per heavy atom. The zero-order valence-electron chi connectivity index (χ0n) is 13.6. The lowest BCUT2D eigenvalue weighted by molar-refractivity contribution is 0.111. The highest BCUT2D eigenvalue weighted by molar-refractivity contribution is 7.89. The molecule has 0 unspecified atom stereocenters. The molecular weight excluding hydrogens is 336 g/mol. The average Bonchev–Trinajstić information content (AvgIpc) is 2.91. The minimum Gasteiger partial charge on any atom is -0.497 e. The molecule has 0 amide bonds. The van der Waals surface area contributed by atoms with Crippen LogP contribution >= 0.6 is 0 Å². The van der Waals surface area contributed by atoms with E-state index >= 15 is 0 Å². The number of nitrogens with one attached hydrogen (secondary N) is 1. The van der Waals surface area contributed by atoms with E-state index in [9.17, 15) is 13.5 Å². The van der Waals surface area contributed by atoms with Crippen LogP contribution in [0.15, 0.2) is 33.7 Å². The van der Waals surface area contributed by atoms with Crippen molar-refractivity contribution in [3.05, 3.63) is 35.7 Å². The molecule has 2 aromatic rings. The molecule has 24 heavy (non-hydrogen) atoms. The fourth-order valence-corrected chi connectivity index (χ4v) is 3.46. The van der Waals surface area contributed by atoms with E-state index in [-0.39, 0.29) is 29.5 Å². The molecule has 1 atom stereocenters. The summed E-state index contributed by atoms with van der Waals surface area (Å²) in [6, 6.07) is 6.84. The van der Waals surface area contributed by atoms with Gasteiger partial charge in [0.1, 0.15) is 34.8 Å². The minimum atomic E-state index is -3.80. The van der Waals surface area contributed by atoms with Gasteiger partial charge in [-0.05, 0) is 38.1 Å². The SMILES string of the molecule is COc1ccc(OC[C@@H](O)CNS(=O)(=O)c2c(C)noc2C)cc1. The molecule has 9 heteroatoms. The standard InChI is InChI=1S/C15H20N2O6S/c1-10-15(11(2)23-17-10)24(19,20)16-8-12(18)9-22-14-6-4-13(21-3)5-7-14/h4-7,12,16,18H,8-9H2,1-3H3/t12-/m0/s1. The molecule has 0 spiro atoms. The van der Waals surface area contributed by atoms with Gasteiger partial charge in [-0.3, -0.25) is 0 Å². The number of ether oxygens (including phenoxy) is 2. The number of aryl methyl sites for hydroxylation is 2. The van der Waals surface area contributed by atoms with E-state index in [1.165, 1.54) is 13.8 Å². The molecule has 0 aliphatic heterocycles. The smallest absolute Gasteiger partial charge is 0.246 e. The number of aliphatic hydroxyl groups is 1. The van der Waals surface area contributed by atoms with E-state index in [2.05, 4.69) is 9.88 Å². The maximum absolute atomic E-state index is 12.2. The van der Waals surface area contributed by atoms with Crippen LogP contribution in [-0.2, 0) is 10.0 Å². The van der Waals surface area contributed by atoms with E-state index in [1.807, 2.05) is 0 Å². The zero-order chi connectivity index (χ0) is 17.7. The van der Waals surface area contributed by atoms with Crippen LogP contribution in [0.2, 0.25) is 0 Å². The van der Waals surface area contributed by atoms with Crippen molar-refractivity contribution >= 4 is 10.0 Å². The average molecular weight is 356 g/mol. The van der Waals surface area contributed by atoms with Crippen LogP contribution in [0.4, 0.5) is 0 Å². The molecule has 0 saturated carbocycles. The van der Waals surface area contributed by atoms with E-state index in [0.29, 0.717) is 11.5 Å². The van der Waals surface area contributed by atoms with Gasteiger partial charge in [0.25, 0.3) is 0 Å². The second-order valence-electron chi connectivity index (χ2n) is 5.15. The van der Waals surface area contributed by atoms with Crippen LogP contribution in [0.1, 0.15) is 11.5 Å². The first kappa shape index (κ1) is 18.2. The number of nitrogens with zero attached hydrogens (tertiary/aromatic N) is 1. The van der Waals surface area contributed by atoms with E-state index in [4.69, 9.17) is 14.0 Å². The molecule has 0 aliphatic rings. The summed E-state index contributed by atoms with van der Waals surface area (Å²) in [6.45, 7) is 2.80. The van der Waals surface area contributed by atoms with E-state index < -0.39 is 16.1 Å². The molecule has 8 nitrogen and oxygen atoms in total. The van der Waals surface area contributed by atoms with Gasteiger partial charge in [-0.15, -0.1) is 0 Å². The van der Waals surface area contributed by atoms with E-state index in [0.717, 1.165) is 0 Å². The van der Waals surface area contributed by atoms with Gasteiger partial charge in [0.2, 0.25) is 10.0 Å². The van der Waals surface area contributed by atoms with Gasteiger partial charge in [0.05, 0.1) is 7.11 Å². The third kappa shape index (κ3) is 4.47. The van der Waals surface area contributed by atoms with Gasteiger partial charge >= 0.3 is 0 Å². The number of rotatable bonds is 8. The maximum atomic E-state index is 12.2. The molecule has 2 rings (SSSR count). The molecule has 0 aliphatic carbocycles. The number of aliphatic hydroxyl groups excluding tert-OH is 1. The quantitative estimate of drug-likeness (QED) is 0.726. The largest absolute Gasteiger partial charge is 0.497 e. The normalized spacial score (nSPS) is 12.8. The summed E-state index contributed by atoms with van der Waals surface area (Å²) in [6.07, 6.45) is -1.01. The fourth-order valence-electron chi connectivity index (χ4n) is 2.06. The van der Waals surface area contributed by atoms with Crippen molar-refractivity contribution < 1.29 is 27.5 Å². The number of sulfonamides is 1. The van der Waals surface area contributed by atoms with Gasteiger partial charge in [-0.25, -0.2) is 13.1 Å². The molecule has 0 fully saturated rings. The fraction of sp³-hybridized carbons (Fsp3) is 0.400. The Morgan fingerprint density at radius 3 is 2.42 bits per heavy atom. The Balaban J connectivity index is 1.87. The van der Waals surface area contributed by atoms with Crippen LogP contribution < -0.4 is 14.2 Å². The van der Waals surface area contributed by atoms with Crippen molar-refractivity contribution in [3.63, 3.8) is 0 Å². The van der Waals surface area contributed by atoms with Crippen molar-refractivity contribution in [1.82, 2.24) is 9.88 Å². The molecule has 2 N–H and O–H groups in total. The molecular formula is C15H20N2O6S. The summed E-state index contributed by atoms with van der Waals surface area (Å²) in [5, 5.41) is 13.5. The van der Waals surface area contributed by atoms with Crippen molar-refractivity contribution in [3.8, 4) is 11.5 Å². The van der Waals surface area contributed by atoms with Crippen molar-refractivity contribution in [2.24, 2.45) is 0 Å². The van der Waals surface area contributed by atoms with Gasteiger partial charge in [-0.1, -0.05) is 5.16 Å². The third-order valence-electron chi connectivity index (χ3n) is 3.25. The van der Waals surface area contributed by atoms with Crippen LogP contribution in [0.25, 0.3) is 0 Å². The Morgan fingerprint density at radius 2 is 1.88 bits per heavy atom. The third-order valence-corrected chi connectivity index (χ3v) is 4.91. The lowest BCUT2D eigenvalue weighted by atomic mass is 10.3. The second-order valence-corrected chi connectivity index (χ2v) is 6.85. The molecule has 0 radical (unpaired) electrons. The van der Waals surface area contributed by atoms with Gasteiger partial charge < -0.3 is 19.1 Å². The maximum Gasteiger partial charge on any atom is 0.246 e. The number of hydrogen-bond acceptors (Lipinski definition) is 7. The van der Waals surface area contributed by atoms with Crippen LogP contribution in [0.3, 0.4) is 0 Å². The first-order valence-corrected chi connectivity index (χ1v) is 8.69. The highest BCUT2D eigenvalue weighted by atomic mass is 32.2. The summed E-state index contributed by atoms with van der Waals surface area (Å²) in [7, 11) is -2.24. The molecule has 1 aromatic carbocycles. The summed E-state index contributed by atoms with van der Waals surface area (Å²) in [5.74, 6) is 1.43. The highest BCUT2D eigenvalue weighted by Crippen LogP contribution is 2.19. The number of benzene rings is 1. The predicted molar refractivity (Wildman–Crippen MR) is 85.7 cm³/mol. The Labute approximate surface area is 140 Å². The molecule has 1 heterocycles.